The maximum absolute atomic E-state index is 12.7. The van der Waals surface area contributed by atoms with Crippen LogP contribution in [0, 0.1) is 0 Å². The molecule has 0 bridgehead atoms. The van der Waals surface area contributed by atoms with Gasteiger partial charge in [0.15, 0.2) is 0 Å². The Labute approximate surface area is 179 Å². The Hall–Kier alpha value is -1.79. The summed E-state index contributed by atoms with van der Waals surface area (Å²) >= 11 is 4.97. The second-order valence-electron chi connectivity index (χ2n) is 7.02. The fourth-order valence-electron chi connectivity index (χ4n) is 3.33. The Morgan fingerprint density at radius 2 is 1.71 bits per heavy atom. The SMILES string of the molecule is O=C(CSCc1ccc(Br)cc1)Nc1ccccc1C(=O)NC1CCCCC1. The number of hydrogen-bond acceptors (Lipinski definition) is 3. The van der Waals surface area contributed by atoms with Crippen LogP contribution < -0.4 is 10.6 Å². The minimum absolute atomic E-state index is 0.0972. The van der Waals surface area contributed by atoms with Gasteiger partial charge in [-0.3, -0.25) is 9.59 Å². The Morgan fingerprint density at radius 1 is 1.00 bits per heavy atom. The van der Waals surface area contributed by atoms with Crippen LogP contribution in [0.1, 0.15) is 48.0 Å². The molecule has 2 amide bonds. The number of thioether (sulfide) groups is 1. The Morgan fingerprint density at radius 3 is 2.46 bits per heavy atom. The van der Waals surface area contributed by atoms with E-state index in [1.807, 2.05) is 36.4 Å². The third-order valence-electron chi connectivity index (χ3n) is 4.80. The molecule has 0 saturated heterocycles. The Balaban J connectivity index is 1.52. The van der Waals surface area contributed by atoms with Crippen molar-refractivity contribution >= 4 is 45.2 Å². The lowest BCUT2D eigenvalue weighted by atomic mass is 9.95. The summed E-state index contributed by atoms with van der Waals surface area (Å²) in [5.41, 5.74) is 2.28. The van der Waals surface area contributed by atoms with Crippen LogP contribution in [-0.2, 0) is 10.5 Å². The molecule has 1 aliphatic rings. The molecular weight excluding hydrogens is 436 g/mol. The Bertz CT molecular complexity index is 804. The van der Waals surface area contributed by atoms with Gasteiger partial charge in [-0.1, -0.05) is 59.5 Å². The van der Waals surface area contributed by atoms with Gasteiger partial charge in [0, 0.05) is 16.3 Å². The van der Waals surface area contributed by atoms with Gasteiger partial charge >= 0.3 is 0 Å². The third-order valence-corrected chi connectivity index (χ3v) is 6.33. The summed E-state index contributed by atoms with van der Waals surface area (Å²) in [5, 5.41) is 6.01. The number of carbonyl (C=O) groups is 2. The van der Waals surface area contributed by atoms with Gasteiger partial charge in [-0.2, -0.15) is 0 Å². The summed E-state index contributed by atoms with van der Waals surface area (Å²) in [6.07, 6.45) is 5.65. The van der Waals surface area contributed by atoms with Gasteiger partial charge in [-0.05, 0) is 42.7 Å². The summed E-state index contributed by atoms with van der Waals surface area (Å²) in [4.78, 5) is 25.0. The molecule has 2 N–H and O–H groups in total. The highest BCUT2D eigenvalue weighted by molar-refractivity contribution is 9.10. The minimum atomic E-state index is -0.106. The number of amides is 2. The zero-order chi connectivity index (χ0) is 19.8. The van der Waals surface area contributed by atoms with Crippen LogP contribution >= 0.6 is 27.7 Å². The summed E-state index contributed by atoms with van der Waals surface area (Å²) in [7, 11) is 0. The zero-order valence-electron chi connectivity index (χ0n) is 15.7. The van der Waals surface area contributed by atoms with Crippen LogP contribution in [0.4, 0.5) is 5.69 Å². The van der Waals surface area contributed by atoms with E-state index in [9.17, 15) is 9.59 Å². The zero-order valence-corrected chi connectivity index (χ0v) is 18.2. The Kier molecular flexibility index (Phi) is 7.98. The van der Waals surface area contributed by atoms with E-state index in [2.05, 4.69) is 26.6 Å². The van der Waals surface area contributed by atoms with Crippen molar-refractivity contribution in [3.05, 3.63) is 64.1 Å². The molecule has 6 heteroatoms. The van der Waals surface area contributed by atoms with Crippen molar-refractivity contribution in [1.82, 2.24) is 5.32 Å². The van der Waals surface area contributed by atoms with Crippen molar-refractivity contribution in [1.29, 1.82) is 0 Å². The summed E-state index contributed by atoms with van der Waals surface area (Å²) in [6, 6.07) is 15.5. The maximum atomic E-state index is 12.7. The van der Waals surface area contributed by atoms with Gasteiger partial charge < -0.3 is 10.6 Å². The van der Waals surface area contributed by atoms with Crippen molar-refractivity contribution in [2.24, 2.45) is 0 Å². The van der Waals surface area contributed by atoms with E-state index in [-0.39, 0.29) is 17.9 Å². The quantitative estimate of drug-likeness (QED) is 0.582. The first-order valence-corrected chi connectivity index (χ1v) is 11.6. The number of nitrogens with one attached hydrogen (secondary N) is 2. The monoisotopic (exact) mass is 460 g/mol. The fraction of sp³-hybridized carbons (Fsp3) is 0.364. The predicted molar refractivity (Wildman–Crippen MR) is 120 cm³/mol. The summed E-state index contributed by atoms with van der Waals surface area (Å²) in [6.45, 7) is 0. The summed E-state index contributed by atoms with van der Waals surface area (Å²) in [5.74, 6) is 0.907. The standard InChI is InChI=1S/C22H25BrN2O2S/c23-17-12-10-16(11-13-17)14-28-15-21(26)25-20-9-5-4-8-19(20)22(27)24-18-6-2-1-3-7-18/h4-5,8-13,18H,1-3,6-7,14-15H2,(H,24,27)(H,25,26). The highest BCUT2D eigenvalue weighted by Crippen LogP contribution is 2.21. The minimum Gasteiger partial charge on any atom is -0.349 e. The molecule has 0 unspecified atom stereocenters. The molecule has 0 atom stereocenters. The lowest BCUT2D eigenvalue weighted by Crippen LogP contribution is -2.36. The van der Waals surface area contributed by atoms with Gasteiger partial charge in [-0.25, -0.2) is 0 Å². The predicted octanol–water partition coefficient (Wildman–Crippen LogP) is 5.38. The number of carbonyl (C=O) groups excluding carboxylic acids is 2. The van der Waals surface area contributed by atoms with Crippen LogP contribution in [0.3, 0.4) is 0 Å². The topological polar surface area (TPSA) is 58.2 Å². The first kappa shape index (κ1) is 20.9. The molecule has 28 heavy (non-hydrogen) atoms. The molecule has 2 aromatic rings. The van der Waals surface area contributed by atoms with E-state index in [1.165, 1.54) is 24.8 Å². The lowest BCUT2D eigenvalue weighted by Gasteiger charge is -2.23. The van der Waals surface area contributed by atoms with Gasteiger partial charge in [0.2, 0.25) is 5.91 Å². The fourth-order valence-corrected chi connectivity index (χ4v) is 4.38. The van der Waals surface area contributed by atoms with Gasteiger partial charge in [0.05, 0.1) is 17.0 Å². The van der Waals surface area contributed by atoms with E-state index in [0.717, 1.165) is 23.1 Å². The molecule has 1 fully saturated rings. The van der Waals surface area contributed by atoms with Crippen molar-refractivity contribution in [2.45, 2.75) is 43.9 Å². The number of hydrogen-bond donors (Lipinski definition) is 2. The normalized spacial score (nSPS) is 14.5. The van der Waals surface area contributed by atoms with E-state index in [1.54, 1.807) is 23.9 Å². The number of para-hydroxylation sites is 1. The number of anilines is 1. The largest absolute Gasteiger partial charge is 0.349 e. The van der Waals surface area contributed by atoms with Crippen LogP contribution in [0.15, 0.2) is 53.0 Å². The first-order valence-electron chi connectivity index (χ1n) is 9.64. The highest BCUT2D eigenvalue weighted by Gasteiger charge is 2.19. The van der Waals surface area contributed by atoms with Crippen LogP contribution in [0.25, 0.3) is 0 Å². The molecule has 0 aliphatic heterocycles. The molecule has 0 spiro atoms. The van der Waals surface area contributed by atoms with Crippen molar-refractivity contribution in [2.75, 3.05) is 11.1 Å². The van der Waals surface area contributed by atoms with E-state index >= 15 is 0 Å². The van der Waals surface area contributed by atoms with Gasteiger partial charge in [0.1, 0.15) is 0 Å². The number of rotatable bonds is 7. The second-order valence-corrected chi connectivity index (χ2v) is 8.92. The van der Waals surface area contributed by atoms with Crippen LogP contribution in [-0.4, -0.2) is 23.6 Å². The highest BCUT2D eigenvalue weighted by atomic mass is 79.9. The average molecular weight is 461 g/mol. The average Bonchev–Trinajstić information content (AvgIpc) is 2.70. The van der Waals surface area contributed by atoms with Crippen molar-refractivity contribution < 1.29 is 9.59 Å². The van der Waals surface area contributed by atoms with Crippen LogP contribution in [0.5, 0.6) is 0 Å². The van der Waals surface area contributed by atoms with Gasteiger partial charge in [0.25, 0.3) is 5.91 Å². The third kappa shape index (κ3) is 6.38. The van der Waals surface area contributed by atoms with E-state index in [4.69, 9.17) is 0 Å². The molecule has 1 saturated carbocycles. The van der Waals surface area contributed by atoms with E-state index < -0.39 is 0 Å². The second kappa shape index (κ2) is 10.7. The van der Waals surface area contributed by atoms with Gasteiger partial charge in [-0.15, -0.1) is 11.8 Å². The smallest absolute Gasteiger partial charge is 0.253 e. The molecule has 2 aromatic carbocycles. The van der Waals surface area contributed by atoms with E-state index in [0.29, 0.717) is 17.0 Å². The number of benzene rings is 2. The maximum Gasteiger partial charge on any atom is 0.253 e. The molecular formula is C22H25BrN2O2S. The molecule has 0 aromatic heterocycles. The number of halogens is 1. The van der Waals surface area contributed by atoms with Crippen molar-refractivity contribution in [3.63, 3.8) is 0 Å². The molecule has 4 nitrogen and oxygen atoms in total. The first-order chi connectivity index (χ1) is 13.6. The van der Waals surface area contributed by atoms with Crippen molar-refractivity contribution in [3.8, 4) is 0 Å². The molecule has 148 valence electrons. The lowest BCUT2D eigenvalue weighted by molar-refractivity contribution is -0.113. The van der Waals surface area contributed by atoms with Crippen LogP contribution in [0.2, 0.25) is 0 Å². The molecule has 0 radical (unpaired) electrons. The molecule has 0 heterocycles. The summed E-state index contributed by atoms with van der Waals surface area (Å²) < 4.78 is 1.04. The molecule has 1 aliphatic carbocycles. The molecule has 3 rings (SSSR count).